The van der Waals surface area contributed by atoms with Crippen LogP contribution in [0.15, 0.2) is 12.2 Å². The van der Waals surface area contributed by atoms with Crippen molar-refractivity contribution in [2.75, 3.05) is 13.2 Å². The van der Waals surface area contributed by atoms with E-state index in [4.69, 9.17) is 9.47 Å². The van der Waals surface area contributed by atoms with Gasteiger partial charge in [0, 0.05) is 12.8 Å². The van der Waals surface area contributed by atoms with Gasteiger partial charge in [-0.1, -0.05) is 51.7 Å². The molecule has 0 unspecified atom stereocenters. The van der Waals surface area contributed by atoms with Gasteiger partial charge in [-0.3, -0.25) is 9.59 Å². The van der Waals surface area contributed by atoms with Crippen molar-refractivity contribution in [1.82, 2.24) is 0 Å². The fraction of sp³-hybridized carbons (Fsp3) is 0.789. The second-order valence-corrected chi connectivity index (χ2v) is 5.73. The van der Waals surface area contributed by atoms with E-state index in [1.807, 2.05) is 6.08 Å². The van der Waals surface area contributed by atoms with E-state index in [1.54, 1.807) is 0 Å². The van der Waals surface area contributed by atoms with E-state index in [0.717, 1.165) is 25.7 Å². The first-order valence-corrected chi connectivity index (χ1v) is 9.16. The molecule has 0 bridgehead atoms. The van der Waals surface area contributed by atoms with Crippen LogP contribution in [-0.2, 0) is 19.1 Å². The van der Waals surface area contributed by atoms with E-state index >= 15 is 0 Å². The molecule has 0 heterocycles. The second-order valence-electron chi connectivity index (χ2n) is 5.73. The Morgan fingerprint density at radius 3 is 1.96 bits per heavy atom. The van der Waals surface area contributed by atoms with Crippen molar-refractivity contribution < 1.29 is 19.1 Å². The minimum atomic E-state index is -0.181. The predicted molar refractivity (Wildman–Crippen MR) is 93.2 cm³/mol. The van der Waals surface area contributed by atoms with Crippen LogP contribution in [0.2, 0.25) is 0 Å². The van der Waals surface area contributed by atoms with Crippen LogP contribution in [0.25, 0.3) is 0 Å². The molecule has 0 atom stereocenters. The van der Waals surface area contributed by atoms with Gasteiger partial charge in [-0.2, -0.15) is 0 Å². The van der Waals surface area contributed by atoms with Gasteiger partial charge < -0.3 is 9.47 Å². The highest BCUT2D eigenvalue weighted by Gasteiger charge is 2.05. The Labute approximate surface area is 141 Å². The molecular formula is C19H34O4. The average Bonchev–Trinajstić information content (AvgIpc) is 2.54. The van der Waals surface area contributed by atoms with Crippen molar-refractivity contribution >= 4 is 11.9 Å². The highest BCUT2D eigenvalue weighted by atomic mass is 16.5. The minimum absolute atomic E-state index is 0.154. The lowest BCUT2D eigenvalue weighted by molar-refractivity contribution is -0.145. The van der Waals surface area contributed by atoms with Crippen LogP contribution >= 0.6 is 0 Å². The summed E-state index contributed by atoms with van der Waals surface area (Å²) < 4.78 is 10.3. The lowest BCUT2D eigenvalue weighted by Gasteiger charge is -2.05. The van der Waals surface area contributed by atoms with Gasteiger partial charge in [-0.05, 0) is 32.1 Å². The zero-order valence-corrected chi connectivity index (χ0v) is 15.0. The fourth-order valence-electron chi connectivity index (χ4n) is 2.10. The molecule has 0 aliphatic rings. The van der Waals surface area contributed by atoms with Crippen LogP contribution in [-0.4, -0.2) is 25.2 Å². The van der Waals surface area contributed by atoms with Gasteiger partial charge in [-0.15, -0.1) is 0 Å². The van der Waals surface area contributed by atoms with E-state index in [0.29, 0.717) is 38.9 Å². The molecular weight excluding hydrogens is 292 g/mol. The van der Waals surface area contributed by atoms with Crippen LogP contribution in [0.1, 0.15) is 84.5 Å². The molecule has 0 N–H and O–H groups in total. The molecule has 0 aromatic carbocycles. The third-order valence-corrected chi connectivity index (χ3v) is 3.47. The molecule has 0 saturated carbocycles. The molecule has 0 aromatic heterocycles. The van der Waals surface area contributed by atoms with Crippen LogP contribution in [0.3, 0.4) is 0 Å². The maximum Gasteiger partial charge on any atom is 0.305 e. The highest BCUT2D eigenvalue weighted by molar-refractivity contribution is 5.70. The highest BCUT2D eigenvalue weighted by Crippen LogP contribution is 2.05. The number of unbranched alkanes of at least 4 members (excludes halogenated alkanes) is 5. The monoisotopic (exact) mass is 326 g/mol. The number of rotatable bonds is 15. The molecule has 134 valence electrons. The normalized spacial score (nSPS) is 10.9. The molecule has 4 nitrogen and oxygen atoms in total. The minimum Gasteiger partial charge on any atom is -0.466 e. The first kappa shape index (κ1) is 21.7. The first-order valence-electron chi connectivity index (χ1n) is 9.16. The number of carbonyl (C=O) groups is 2. The van der Waals surface area contributed by atoms with Gasteiger partial charge in [0.1, 0.15) is 0 Å². The standard InChI is InChI=1S/C19H34O4/c1-3-5-7-9-13-17-23-19(21)15-11-10-14-18(20)22-16-12-8-6-4-2/h6,8H,3-5,7,9-17H2,1-2H3/b8-6-. The van der Waals surface area contributed by atoms with Gasteiger partial charge >= 0.3 is 11.9 Å². The molecule has 0 aliphatic heterocycles. The zero-order chi connectivity index (χ0) is 17.2. The Morgan fingerprint density at radius 1 is 0.739 bits per heavy atom. The quantitative estimate of drug-likeness (QED) is 0.242. The lowest BCUT2D eigenvalue weighted by Crippen LogP contribution is -2.07. The average molecular weight is 326 g/mol. The largest absolute Gasteiger partial charge is 0.466 e. The van der Waals surface area contributed by atoms with Crippen molar-refractivity contribution in [3.05, 3.63) is 12.2 Å². The van der Waals surface area contributed by atoms with Gasteiger partial charge in [0.2, 0.25) is 0 Å². The number of carbonyl (C=O) groups excluding carboxylic acids is 2. The van der Waals surface area contributed by atoms with Crippen molar-refractivity contribution in [3.8, 4) is 0 Å². The maximum atomic E-state index is 11.5. The summed E-state index contributed by atoms with van der Waals surface area (Å²) in [5, 5.41) is 0. The van der Waals surface area contributed by atoms with E-state index < -0.39 is 0 Å². The molecule has 0 fully saturated rings. The van der Waals surface area contributed by atoms with Crippen molar-refractivity contribution in [1.29, 1.82) is 0 Å². The third-order valence-electron chi connectivity index (χ3n) is 3.47. The Kier molecular flexibility index (Phi) is 16.1. The van der Waals surface area contributed by atoms with Gasteiger partial charge in [0.25, 0.3) is 0 Å². The summed E-state index contributed by atoms with van der Waals surface area (Å²) in [6.45, 7) is 5.21. The topological polar surface area (TPSA) is 52.6 Å². The Bertz CT molecular complexity index is 323. The predicted octanol–water partition coefficient (Wildman–Crippen LogP) is 4.96. The van der Waals surface area contributed by atoms with Crippen LogP contribution in [0, 0.1) is 0 Å². The van der Waals surface area contributed by atoms with Crippen molar-refractivity contribution in [3.63, 3.8) is 0 Å². The summed E-state index contributed by atoms with van der Waals surface area (Å²) in [4.78, 5) is 23.0. The molecule has 0 rings (SSSR count). The SMILES string of the molecule is CC/C=C\CCOC(=O)CCCCC(=O)OCCCCCCC. The van der Waals surface area contributed by atoms with Crippen LogP contribution in [0.4, 0.5) is 0 Å². The van der Waals surface area contributed by atoms with E-state index in [1.165, 1.54) is 19.3 Å². The maximum absolute atomic E-state index is 11.5. The van der Waals surface area contributed by atoms with Gasteiger partial charge in [-0.25, -0.2) is 0 Å². The van der Waals surface area contributed by atoms with E-state index in [-0.39, 0.29) is 11.9 Å². The Hall–Kier alpha value is -1.32. The summed E-state index contributed by atoms with van der Waals surface area (Å²) in [7, 11) is 0. The molecule has 4 heteroatoms. The van der Waals surface area contributed by atoms with E-state index in [9.17, 15) is 9.59 Å². The number of ether oxygens (including phenoxy) is 2. The number of hydrogen-bond donors (Lipinski definition) is 0. The Balaban J connectivity index is 3.36. The molecule has 0 saturated heterocycles. The Morgan fingerprint density at radius 2 is 1.35 bits per heavy atom. The first-order chi connectivity index (χ1) is 11.2. The summed E-state index contributed by atoms with van der Waals surface area (Å²) in [5.41, 5.74) is 0. The number of esters is 2. The zero-order valence-electron chi connectivity index (χ0n) is 15.0. The van der Waals surface area contributed by atoms with Crippen LogP contribution < -0.4 is 0 Å². The fourth-order valence-corrected chi connectivity index (χ4v) is 2.10. The summed E-state index contributed by atoms with van der Waals surface area (Å²) in [5.74, 6) is -0.335. The van der Waals surface area contributed by atoms with Gasteiger partial charge in [0.05, 0.1) is 13.2 Å². The summed E-state index contributed by atoms with van der Waals surface area (Å²) >= 11 is 0. The molecule has 0 radical (unpaired) electrons. The smallest absolute Gasteiger partial charge is 0.305 e. The number of allylic oxidation sites excluding steroid dienone is 1. The lowest BCUT2D eigenvalue weighted by atomic mass is 10.2. The second kappa shape index (κ2) is 17.0. The van der Waals surface area contributed by atoms with Gasteiger partial charge in [0.15, 0.2) is 0 Å². The van der Waals surface area contributed by atoms with E-state index in [2.05, 4.69) is 19.9 Å². The van der Waals surface area contributed by atoms with Crippen molar-refractivity contribution in [2.45, 2.75) is 84.5 Å². The molecule has 0 aliphatic carbocycles. The van der Waals surface area contributed by atoms with Crippen molar-refractivity contribution in [2.24, 2.45) is 0 Å². The third kappa shape index (κ3) is 16.9. The van der Waals surface area contributed by atoms with Crippen LogP contribution in [0.5, 0.6) is 0 Å². The summed E-state index contributed by atoms with van der Waals surface area (Å²) in [6.07, 6.45) is 13.7. The molecule has 0 aromatic rings. The molecule has 0 spiro atoms. The molecule has 0 amide bonds. The molecule has 23 heavy (non-hydrogen) atoms. The summed E-state index contributed by atoms with van der Waals surface area (Å²) in [6, 6.07) is 0. The number of hydrogen-bond acceptors (Lipinski definition) is 4.